The molecule has 0 heterocycles. The molecule has 0 N–H and O–H groups in total. The van der Waals surface area contributed by atoms with Crippen LogP contribution in [0.3, 0.4) is 0 Å². The molecule has 0 aromatic heterocycles. The van der Waals surface area contributed by atoms with Gasteiger partial charge >= 0.3 is 0 Å². The molecule has 2 aliphatic carbocycles. The minimum atomic E-state index is -0.112. The summed E-state index contributed by atoms with van der Waals surface area (Å²) in [4.78, 5) is 0. The first-order valence-corrected chi connectivity index (χ1v) is 13.0. The number of rotatable bonds is 10. The van der Waals surface area contributed by atoms with Crippen molar-refractivity contribution in [3.05, 3.63) is 120 Å². The summed E-state index contributed by atoms with van der Waals surface area (Å²) >= 11 is 0. The highest BCUT2D eigenvalue weighted by Crippen LogP contribution is 2.58. The highest BCUT2D eigenvalue weighted by Gasteiger charge is 2.48. The lowest BCUT2D eigenvalue weighted by atomic mass is 9.52. The van der Waals surface area contributed by atoms with Crippen LogP contribution in [0.25, 0.3) is 5.57 Å². The molecule has 1 heteroatoms. The van der Waals surface area contributed by atoms with E-state index in [1.807, 2.05) is 32.1 Å². The van der Waals surface area contributed by atoms with E-state index in [1.165, 1.54) is 5.57 Å². The van der Waals surface area contributed by atoms with Crippen molar-refractivity contribution in [1.29, 1.82) is 0 Å². The van der Waals surface area contributed by atoms with E-state index < -0.39 is 0 Å². The summed E-state index contributed by atoms with van der Waals surface area (Å²) in [7, 11) is 0. The SMILES string of the molecule is C=CC/C=C\C1C=CC(C2CCC2(CC=C)C(=C)/C=C(/CC)c2ccc(C)c(F)c2C)=C=CC1C. The van der Waals surface area contributed by atoms with E-state index >= 15 is 0 Å². The van der Waals surface area contributed by atoms with Crippen LogP contribution in [0.4, 0.5) is 4.39 Å². The Morgan fingerprint density at radius 1 is 1.23 bits per heavy atom. The van der Waals surface area contributed by atoms with Crippen LogP contribution in [0, 0.1) is 42.8 Å². The van der Waals surface area contributed by atoms with Crippen LogP contribution < -0.4 is 0 Å². The molecule has 0 nitrogen and oxygen atoms in total. The van der Waals surface area contributed by atoms with Gasteiger partial charge in [0.1, 0.15) is 5.82 Å². The van der Waals surface area contributed by atoms with Crippen LogP contribution in [0.1, 0.15) is 62.6 Å². The lowest BCUT2D eigenvalue weighted by Crippen LogP contribution is -2.41. The molecule has 1 aromatic rings. The van der Waals surface area contributed by atoms with Gasteiger partial charge in [-0.3, -0.25) is 0 Å². The predicted molar refractivity (Wildman–Crippen MR) is 151 cm³/mol. The van der Waals surface area contributed by atoms with Gasteiger partial charge in [-0.05, 0) is 91.4 Å². The van der Waals surface area contributed by atoms with Crippen molar-refractivity contribution >= 4 is 5.57 Å². The van der Waals surface area contributed by atoms with Crippen molar-refractivity contribution in [2.75, 3.05) is 0 Å². The molecule has 0 radical (unpaired) electrons. The summed E-state index contributed by atoms with van der Waals surface area (Å²) in [5.41, 5.74) is 9.49. The first-order chi connectivity index (χ1) is 16.8. The second kappa shape index (κ2) is 11.7. The molecule has 0 amide bonds. The molecule has 0 saturated heterocycles. The number of hydrogen-bond acceptors (Lipinski definition) is 0. The van der Waals surface area contributed by atoms with Crippen molar-refractivity contribution < 1.29 is 4.39 Å². The van der Waals surface area contributed by atoms with Crippen LogP contribution in [-0.2, 0) is 0 Å². The fourth-order valence-corrected chi connectivity index (χ4v) is 5.57. The standard InChI is InChI=1S/C34H41F/c1-8-11-12-13-29-17-18-30(16-14-24(29)4)32-20-22-34(32,21-9-2)26(6)23-28(10-3)31-19-15-25(5)33(35)27(31)7/h8-9,12-15,17-19,23-24,29,32H,1-2,6,10-11,20-22H2,3-5,7H3/b13-12-,28-23-. The third kappa shape index (κ3) is 5.52. The second-order valence-electron chi connectivity index (χ2n) is 10.2. The fraction of sp³-hybridized carbons (Fsp3) is 0.382. The molecule has 2 aliphatic rings. The second-order valence-corrected chi connectivity index (χ2v) is 10.2. The van der Waals surface area contributed by atoms with Gasteiger partial charge in [-0.25, -0.2) is 4.39 Å². The maximum Gasteiger partial charge on any atom is 0.129 e. The number of aryl methyl sites for hydroxylation is 1. The van der Waals surface area contributed by atoms with Crippen LogP contribution in [-0.4, -0.2) is 0 Å². The molecule has 1 aromatic carbocycles. The predicted octanol–water partition coefficient (Wildman–Crippen LogP) is 9.80. The minimum Gasteiger partial charge on any atom is -0.206 e. The Kier molecular flexibility index (Phi) is 8.92. The van der Waals surface area contributed by atoms with E-state index in [9.17, 15) is 4.39 Å². The average Bonchev–Trinajstić information content (AvgIpc) is 3.00. The minimum absolute atomic E-state index is 0.0679. The lowest BCUT2D eigenvalue weighted by Gasteiger charge is -2.51. The summed E-state index contributed by atoms with van der Waals surface area (Å²) in [5, 5.41) is 0. The Hall–Kier alpha value is -2.89. The normalized spacial score (nSPS) is 26.3. The quantitative estimate of drug-likeness (QED) is 0.182. The summed E-state index contributed by atoms with van der Waals surface area (Å²) in [6, 6.07) is 3.93. The molecule has 4 atom stereocenters. The highest BCUT2D eigenvalue weighted by molar-refractivity contribution is 5.71. The van der Waals surface area contributed by atoms with Crippen molar-refractivity contribution in [1.82, 2.24) is 0 Å². The van der Waals surface area contributed by atoms with Crippen LogP contribution >= 0.6 is 0 Å². The Morgan fingerprint density at radius 2 is 2.00 bits per heavy atom. The Bertz CT molecular complexity index is 1130. The van der Waals surface area contributed by atoms with E-state index in [0.29, 0.717) is 23.3 Å². The molecule has 4 unspecified atom stereocenters. The first-order valence-electron chi connectivity index (χ1n) is 13.0. The van der Waals surface area contributed by atoms with Crippen molar-refractivity contribution in [3.63, 3.8) is 0 Å². The zero-order chi connectivity index (χ0) is 25.6. The van der Waals surface area contributed by atoms with E-state index in [-0.39, 0.29) is 11.2 Å². The molecule has 0 bridgehead atoms. The molecular formula is C34H41F. The van der Waals surface area contributed by atoms with E-state index in [1.54, 1.807) is 0 Å². The largest absolute Gasteiger partial charge is 0.206 e. The number of benzene rings is 1. The maximum atomic E-state index is 14.7. The highest BCUT2D eigenvalue weighted by atomic mass is 19.1. The van der Waals surface area contributed by atoms with Gasteiger partial charge in [-0.2, -0.15) is 0 Å². The van der Waals surface area contributed by atoms with Crippen LogP contribution in [0.2, 0.25) is 0 Å². The molecule has 1 saturated carbocycles. The third-order valence-corrected chi connectivity index (χ3v) is 8.00. The zero-order valence-corrected chi connectivity index (χ0v) is 22.0. The molecular weight excluding hydrogens is 427 g/mol. The topological polar surface area (TPSA) is 0 Å². The first kappa shape index (κ1) is 26.7. The van der Waals surface area contributed by atoms with Crippen molar-refractivity contribution in [2.45, 2.75) is 59.8 Å². The molecule has 0 aliphatic heterocycles. The van der Waals surface area contributed by atoms with Gasteiger partial charge in [0.2, 0.25) is 0 Å². The van der Waals surface area contributed by atoms with Gasteiger partial charge in [0, 0.05) is 17.3 Å². The number of hydrogen-bond donors (Lipinski definition) is 0. The number of halogens is 1. The van der Waals surface area contributed by atoms with E-state index in [2.05, 4.69) is 81.8 Å². The fourth-order valence-electron chi connectivity index (χ4n) is 5.57. The van der Waals surface area contributed by atoms with Gasteiger partial charge in [-0.15, -0.1) is 18.9 Å². The number of allylic oxidation sites excluding steroid dienone is 10. The molecule has 35 heavy (non-hydrogen) atoms. The summed E-state index contributed by atoms with van der Waals surface area (Å²) < 4.78 is 14.7. The van der Waals surface area contributed by atoms with Crippen LogP contribution in [0.5, 0.6) is 0 Å². The molecule has 1 fully saturated rings. The summed E-state index contributed by atoms with van der Waals surface area (Å²) in [6.45, 7) is 20.6. The van der Waals surface area contributed by atoms with E-state index in [0.717, 1.165) is 54.4 Å². The monoisotopic (exact) mass is 468 g/mol. The smallest absolute Gasteiger partial charge is 0.129 e. The van der Waals surface area contributed by atoms with Crippen LogP contribution in [0.15, 0.2) is 97.4 Å². The Labute approximate surface area is 212 Å². The third-order valence-electron chi connectivity index (χ3n) is 8.00. The van der Waals surface area contributed by atoms with Gasteiger partial charge in [-0.1, -0.05) is 75.1 Å². The van der Waals surface area contributed by atoms with Gasteiger partial charge in [0.15, 0.2) is 0 Å². The molecule has 3 rings (SSSR count). The summed E-state index contributed by atoms with van der Waals surface area (Å²) in [6.07, 6.45) is 22.3. The van der Waals surface area contributed by atoms with Gasteiger partial charge < -0.3 is 0 Å². The Balaban J connectivity index is 1.95. The molecule has 0 spiro atoms. The van der Waals surface area contributed by atoms with Gasteiger partial charge in [0.05, 0.1) is 0 Å². The average molecular weight is 469 g/mol. The maximum absolute atomic E-state index is 14.7. The van der Waals surface area contributed by atoms with Crippen molar-refractivity contribution in [2.24, 2.45) is 23.2 Å². The van der Waals surface area contributed by atoms with Crippen molar-refractivity contribution in [3.8, 4) is 0 Å². The Morgan fingerprint density at radius 3 is 2.63 bits per heavy atom. The van der Waals surface area contributed by atoms with E-state index in [4.69, 9.17) is 0 Å². The lowest BCUT2D eigenvalue weighted by molar-refractivity contribution is 0.113. The zero-order valence-electron chi connectivity index (χ0n) is 22.0. The summed E-state index contributed by atoms with van der Waals surface area (Å²) in [5.74, 6) is 1.00. The molecule has 184 valence electrons. The van der Waals surface area contributed by atoms with Gasteiger partial charge in [0.25, 0.3) is 0 Å².